The zero-order chi connectivity index (χ0) is 15.2. The molecule has 2 aromatic carbocycles. The van der Waals surface area contributed by atoms with E-state index < -0.39 is 0 Å². The minimum absolute atomic E-state index is 0.277. The minimum atomic E-state index is -0.323. The Morgan fingerprint density at radius 2 is 1.57 bits per heavy atom. The van der Waals surface area contributed by atoms with Crippen molar-refractivity contribution in [2.24, 2.45) is 5.73 Å². The Kier molecular flexibility index (Phi) is 5.31. The summed E-state index contributed by atoms with van der Waals surface area (Å²) in [4.78, 5) is 2.14. The van der Waals surface area contributed by atoms with E-state index in [0.717, 1.165) is 17.7 Å². The molecule has 2 N–H and O–H groups in total. The first-order valence-electron chi connectivity index (χ1n) is 6.91. The summed E-state index contributed by atoms with van der Waals surface area (Å²) < 4.78 is 18.6. The van der Waals surface area contributed by atoms with Crippen LogP contribution in [0.2, 0.25) is 0 Å². The lowest BCUT2D eigenvalue weighted by Crippen LogP contribution is -2.17. The van der Waals surface area contributed by atoms with Crippen LogP contribution in [0.25, 0.3) is 0 Å². The Morgan fingerprint density at radius 1 is 1.00 bits per heavy atom. The molecule has 0 aromatic heterocycles. The molecule has 0 amide bonds. The van der Waals surface area contributed by atoms with Gasteiger partial charge < -0.3 is 10.5 Å². The predicted octanol–water partition coefficient (Wildman–Crippen LogP) is 2.93. The highest BCUT2D eigenvalue weighted by Crippen LogP contribution is 2.19. The fourth-order valence-electron chi connectivity index (χ4n) is 2.27. The fraction of sp³-hybridized carbons (Fsp3) is 0.294. The zero-order valence-corrected chi connectivity index (χ0v) is 12.5. The molecule has 2 rings (SSSR count). The Labute approximate surface area is 125 Å². The highest BCUT2D eigenvalue weighted by atomic mass is 19.1. The first kappa shape index (κ1) is 15.5. The highest BCUT2D eigenvalue weighted by Gasteiger charge is 2.06. The molecule has 0 radical (unpaired) electrons. The first-order valence-corrected chi connectivity index (χ1v) is 6.91. The average Bonchev–Trinajstić information content (AvgIpc) is 2.48. The van der Waals surface area contributed by atoms with Crippen molar-refractivity contribution in [2.45, 2.75) is 19.6 Å². The number of methoxy groups -OCH3 is 1. The van der Waals surface area contributed by atoms with Gasteiger partial charge in [0.15, 0.2) is 11.6 Å². The van der Waals surface area contributed by atoms with Crippen molar-refractivity contribution in [1.82, 2.24) is 4.90 Å². The van der Waals surface area contributed by atoms with Crippen molar-refractivity contribution < 1.29 is 9.13 Å². The van der Waals surface area contributed by atoms with E-state index in [-0.39, 0.29) is 11.6 Å². The summed E-state index contributed by atoms with van der Waals surface area (Å²) in [5, 5.41) is 0. The minimum Gasteiger partial charge on any atom is -0.494 e. The van der Waals surface area contributed by atoms with Gasteiger partial charge >= 0.3 is 0 Å². The lowest BCUT2D eigenvalue weighted by Gasteiger charge is -2.17. The fourth-order valence-corrected chi connectivity index (χ4v) is 2.27. The van der Waals surface area contributed by atoms with Crippen LogP contribution < -0.4 is 10.5 Å². The van der Waals surface area contributed by atoms with E-state index in [1.165, 1.54) is 18.7 Å². The molecule has 2 aromatic rings. The van der Waals surface area contributed by atoms with E-state index in [2.05, 4.69) is 17.0 Å². The molecule has 0 bridgehead atoms. The molecule has 0 atom stereocenters. The molecule has 0 aliphatic carbocycles. The number of nitrogens with two attached hydrogens (primary N) is 1. The predicted molar refractivity (Wildman–Crippen MR) is 82.5 cm³/mol. The normalized spacial score (nSPS) is 10.9. The molecular weight excluding hydrogens is 267 g/mol. The zero-order valence-electron chi connectivity index (χ0n) is 12.5. The van der Waals surface area contributed by atoms with Crippen molar-refractivity contribution in [3.05, 3.63) is 65.0 Å². The van der Waals surface area contributed by atoms with E-state index in [4.69, 9.17) is 10.5 Å². The maximum absolute atomic E-state index is 13.7. The Bertz CT molecular complexity index is 584. The summed E-state index contributed by atoms with van der Waals surface area (Å²) >= 11 is 0. The lowest BCUT2D eigenvalue weighted by atomic mass is 10.1. The van der Waals surface area contributed by atoms with Gasteiger partial charge in [0, 0.05) is 19.6 Å². The largest absolute Gasteiger partial charge is 0.494 e. The molecule has 21 heavy (non-hydrogen) atoms. The van der Waals surface area contributed by atoms with Crippen LogP contribution in [0.4, 0.5) is 4.39 Å². The van der Waals surface area contributed by atoms with Crippen LogP contribution in [0.5, 0.6) is 5.75 Å². The molecule has 3 nitrogen and oxygen atoms in total. The van der Waals surface area contributed by atoms with Crippen LogP contribution in [0.1, 0.15) is 16.7 Å². The molecule has 0 aliphatic heterocycles. The number of halogens is 1. The van der Waals surface area contributed by atoms with Crippen LogP contribution in [0.3, 0.4) is 0 Å². The molecule has 4 heteroatoms. The maximum Gasteiger partial charge on any atom is 0.165 e. The van der Waals surface area contributed by atoms with Gasteiger partial charge in [0.1, 0.15) is 0 Å². The molecule has 0 saturated carbocycles. The second-order valence-electron chi connectivity index (χ2n) is 5.16. The Hall–Kier alpha value is -1.91. The van der Waals surface area contributed by atoms with Gasteiger partial charge in [-0.1, -0.05) is 30.3 Å². The molecular formula is C17H21FN2O. The van der Waals surface area contributed by atoms with Gasteiger partial charge in [0.05, 0.1) is 7.11 Å². The molecule has 0 heterocycles. The van der Waals surface area contributed by atoms with Crippen molar-refractivity contribution in [2.75, 3.05) is 14.2 Å². The summed E-state index contributed by atoms with van der Waals surface area (Å²) in [6.07, 6.45) is 0. The number of hydrogen-bond donors (Lipinski definition) is 1. The van der Waals surface area contributed by atoms with Gasteiger partial charge in [-0.25, -0.2) is 4.39 Å². The molecule has 112 valence electrons. The van der Waals surface area contributed by atoms with E-state index in [1.807, 2.05) is 25.2 Å². The molecule has 0 spiro atoms. The number of hydrogen-bond acceptors (Lipinski definition) is 3. The van der Waals surface area contributed by atoms with E-state index >= 15 is 0 Å². The van der Waals surface area contributed by atoms with Gasteiger partial charge in [-0.05, 0) is 35.9 Å². The molecule has 0 unspecified atom stereocenters. The third-order valence-electron chi connectivity index (χ3n) is 3.38. The van der Waals surface area contributed by atoms with Crippen LogP contribution in [-0.2, 0) is 19.6 Å². The molecule has 0 aliphatic rings. The van der Waals surface area contributed by atoms with E-state index in [9.17, 15) is 4.39 Å². The Balaban J connectivity index is 1.97. The van der Waals surface area contributed by atoms with Crippen LogP contribution in [0, 0.1) is 5.82 Å². The van der Waals surface area contributed by atoms with Crippen molar-refractivity contribution in [3.63, 3.8) is 0 Å². The summed E-state index contributed by atoms with van der Waals surface area (Å²) in [5.41, 5.74) is 8.85. The van der Waals surface area contributed by atoms with Crippen molar-refractivity contribution >= 4 is 0 Å². The van der Waals surface area contributed by atoms with Crippen LogP contribution >= 0.6 is 0 Å². The number of benzene rings is 2. The van der Waals surface area contributed by atoms with Crippen molar-refractivity contribution in [1.29, 1.82) is 0 Å². The van der Waals surface area contributed by atoms with E-state index in [1.54, 1.807) is 6.07 Å². The number of nitrogens with zero attached hydrogens (tertiary/aromatic N) is 1. The van der Waals surface area contributed by atoms with Crippen LogP contribution in [-0.4, -0.2) is 19.1 Å². The monoisotopic (exact) mass is 288 g/mol. The SMILES string of the molecule is COc1ccc(CN(C)Cc2ccc(CN)cc2)cc1F. The molecule has 0 saturated heterocycles. The number of ether oxygens (including phenoxy) is 1. The van der Waals surface area contributed by atoms with Crippen LogP contribution in [0.15, 0.2) is 42.5 Å². The van der Waals surface area contributed by atoms with Gasteiger partial charge in [0.2, 0.25) is 0 Å². The van der Waals surface area contributed by atoms with Gasteiger partial charge in [-0.2, -0.15) is 0 Å². The quantitative estimate of drug-likeness (QED) is 0.888. The topological polar surface area (TPSA) is 38.5 Å². The lowest BCUT2D eigenvalue weighted by molar-refractivity contribution is 0.317. The number of rotatable bonds is 6. The second kappa shape index (κ2) is 7.20. The maximum atomic E-state index is 13.7. The first-order chi connectivity index (χ1) is 10.1. The average molecular weight is 288 g/mol. The Morgan fingerprint density at radius 3 is 2.14 bits per heavy atom. The van der Waals surface area contributed by atoms with Gasteiger partial charge in [0.25, 0.3) is 0 Å². The summed E-state index contributed by atoms with van der Waals surface area (Å²) in [6, 6.07) is 13.3. The highest BCUT2D eigenvalue weighted by molar-refractivity contribution is 5.29. The van der Waals surface area contributed by atoms with E-state index in [0.29, 0.717) is 13.1 Å². The van der Waals surface area contributed by atoms with Crippen molar-refractivity contribution in [3.8, 4) is 5.75 Å². The summed E-state index contributed by atoms with van der Waals surface area (Å²) in [6.45, 7) is 2.04. The summed E-state index contributed by atoms with van der Waals surface area (Å²) in [7, 11) is 3.48. The van der Waals surface area contributed by atoms with Gasteiger partial charge in [-0.3, -0.25) is 4.90 Å². The smallest absolute Gasteiger partial charge is 0.165 e. The summed E-state index contributed by atoms with van der Waals surface area (Å²) in [5.74, 6) is -0.0468. The van der Waals surface area contributed by atoms with Gasteiger partial charge in [-0.15, -0.1) is 0 Å². The molecule has 0 fully saturated rings. The standard InChI is InChI=1S/C17H21FN2O/c1-20(11-14-5-3-13(10-19)4-6-14)12-15-7-8-17(21-2)16(18)9-15/h3-9H,10-12,19H2,1-2H3. The third-order valence-corrected chi connectivity index (χ3v) is 3.38. The third kappa shape index (κ3) is 4.28. The second-order valence-corrected chi connectivity index (χ2v) is 5.16.